The molecular formula is C20H22N2O3S. The molecule has 1 amide bonds. The van der Waals surface area contributed by atoms with Gasteiger partial charge in [-0.15, -0.1) is 11.8 Å². The average Bonchev–Trinajstić information content (AvgIpc) is 3.19. The minimum atomic E-state index is -0.178. The van der Waals surface area contributed by atoms with Crippen LogP contribution in [0.4, 0.5) is 0 Å². The number of thioether (sulfide) groups is 1. The second-order valence-corrected chi connectivity index (χ2v) is 8.15. The van der Waals surface area contributed by atoms with Gasteiger partial charge in [-0.1, -0.05) is 12.1 Å². The Morgan fingerprint density at radius 2 is 2.27 bits per heavy atom. The van der Waals surface area contributed by atoms with Gasteiger partial charge in [0.15, 0.2) is 5.76 Å². The van der Waals surface area contributed by atoms with Crippen LogP contribution < -0.4 is 10.1 Å². The van der Waals surface area contributed by atoms with Crippen molar-refractivity contribution in [3.05, 3.63) is 52.5 Å². The first-order chi connectivity index (χ1) is 12.6. The molecule has 0 saturated heterocycles. The molecule has 1 aromatic carbocycles. The van der Waals surface area contributed by atoms with Crippen LogP contribution in [0.3, 0.4) is 0 Å². The number of fused-ring (bicyclic) bond motifs is 3. The Bertz CT molecular complexity index is 887. The van der Waals surface area contributed by atoms with E-state index in [1.165, 1.54) is 0 Å². The van der Waals surface area contributed by atoms with Crippen molar-refractivity contribution in [2.75, 3.05) is 7.11 Å². The van der Waals surface area contributed by atoms with Crippen LogP contribution in [0, 0.1) is 6.92 Å². The molecule has 0 saturated carbocycles. The molecule has 0 bridgehead atoms. The number of nitrogens with zero attached hydrogens (tertiary/aromatic N) is 1. The summed E-state index contributed by atoms with van der Waals surface area (Å²) in [6.07, 6.45) is 1.91. The first-order valence-electron chi connectivity index (χ1n) is 8.81. The lowest BCUT2D eigenvalue weighted by molar-refractivity contribution is 0.0920. The minimum Gasteiger partial charge on any atom is -0.497 e. The summed E-state index contributed by atoms with van der Waals surface area (Å²) in [5, 5.41) is 4.56. The Labute approximate surface area is 157 Å². The van der Waals surface area contributed by atoms with E-state index in [4.69, 9.17) is 14.1 Å². The smallest absolute Gasteiger partial charge is 0.287 e. The number of ether oxygens (including phenoxy) is 1. The predicted molar refractivity (Wildman–Crippen MR) is 103 cm³/mol. The molecule has 5 nitrogen and oxygen atoms in total. The largest absolute Gasteiger partial charge is 0.497 e. The van der Waals surface area contributed by atoms with Gasteiger partial charge in [0, 0.05) is 29.3 Å². The van der Waals surface area contributed by atoms with Gasteiger partial charge in [0.2, 0.25) is 0 Å². The molecule has 1 aromatic heterocycles. The van der Waals surface area contributed by atoms with Crippen molar-refractivity contribution in [3.8, 4) is 5.75 Å². The van der Waals surface area contributed by atoms with Gasteiger partial charge >= 0.3 is 0 Å². The number of aryl methyl sites for hydroxylation is 1. The van der Waals surface area contributed by atoms with Gasteiger partial charge in [-0.3, -0.25) is 9.79 Å². The zero-order valence-corrected chi connectivity index (χ0v) is 16.0. The molecule has 1 aliphatic carbocycles. The molecule has 2 heterocycles. The summed E-state index contributed by atoms with van der Waals surface area (Å²) >= 11 is 1.85. The minimum absolute atomic E-state index is 0.132. The number of hydrogen-bond donors (Lipinski definition) is 1. The SMILES string of the molecule is COc1cccc(CNC(=O)c2oc3c(c2C)C2N=C(C)SC2CC3)c1. The molecule has 1 aliphatic heterocycles. The highest BCUT2D eigenvalue weighted by atomic mass is 32.2. The first kappa shape index (κ1) is 17.2. The molecule has 136 valence electrons. The van der Waals surface area contributed by atoms with Gasteiger partial charge in [-0.05, 0) is 38.0 Å². The maximum Gasteiger partial charge on any atom is 0.287 e. The molecule has 4 rings (SSSR count). The first-order valence-corrected chi connectivity index (χ1v) is 9.69. The Hall–Kier alpha value is -2.21. The van der Waals surface area contributed by atoms with Gasteiger partial charge in [0.25, 0.3) is 5.91 Å². The summed E-state index contributed by atoms with van der Waals surface area (Å²) in [6, 6.07) is 7.80. The maximum absolute atomic E-state index is 12.7. The van der Waals surface area contributed by atoms with Gasteiger partial charge in [0.05, 0.1) is 18.2 Å². The summed E-state index contributed by atoms with van der Waals surface area (Å²) in [5.41, 5.74) is 3.04. The summed E-state index contributed by atoms with van der Waals surface area (Å²) in [7, 11) is 1.63. The van der Waals surface area contributed by atoms with Crippen LogP contribution in [-0.2, 0) is 13.0 Å². The molecule has 0 fully saturated rings. The van der Waals surface area contributed by atoms with Crippen LogP contribution in [0.5, 0.6) is 5.75 Å². The van der Waals surface area contributed by atoms with Crippen LogP contribution in [0.1, 0.15) is 52.4 Å². The predicted octanol–water partition coefficient (Wildman–Crippen LogP) is 4.05. The number of rotatable bonds is 4. The molecule has 0 spiro atoms. The van der Waals surface area contributed by atoms with Crippen molar-refractivity contribution in [2.24, 2.45) is 4.99 Å². The van der Waals surface area contributed by atoms with E-state index in [-0.39, 0.29) is 11.9 Å². The standard InChI is InChI=1S/C20H22N2O3S/c1-11-17-15(7-8-16-18(17)22-12(2)26-16)25-19(11)20(23)21-10-13-5-4-6-14(9-13)24-3/h4-6,9,16,18H,7-8,10H2,1-3H3,(H,21,23). The molecule has 1 N–H and O–H groups in total. The van der Waals surface area contributed by atoms with E-state index in [2.05, 4.69) is 12.2 Å². The summed E-state index contributed by atoms with van der Waals surface area (Å²) in [6.45, 7) is 4.46. The van der Waals surface area contributed by atoms with E-state index in [0.29, 0.717) is 17.6 Å². The van der Waals surface area contributed by atoms with Gasteiger partial charge in [-0.25, -0.2) is 0 Å². The van der Waals surface area contributed by atoms with Crippen molar-refractivity contribution in [2.45, 2.75) is 44.5 Å². The molecule has 26 heavy (non-hydrogen) atoms. The summed E-state index contributed by atoms with van der Waals surface area (Å²) in [5.74, 6) is 1.94. The van der Waals surface area contributed by atoms with Crippen molar-refractivity contribution >= 4 is 22.7 Å². The van der Waals surface area contributed by atoms with Gasteiger partial charge in [-0.2, -0.15) is 0 Å². The summed E-state index contributed by atoms with van der Waals surface area (Å²) < 4.78 is 11.2. The number of benzene rings is 1. The third-order valence-electron chi connectivity index (χ3n) is 5.01. The number of aliphatic imine (C=N–C) groups is 1. The fourth-order valence-electron chi connectivity index (χ4n) is 3.75. The van der Waals surface area contributed by atoms with E-state index in [0.717, 1.165) is 46.1 Å². The number of carbonyl (C=O) groups excluding carboxylic acids is 1. The normalized spacial score (nSPS) is 21.0. The van der Waals surface area contributed by atoms with E-state index in [1.807, 2.05) is 43.0 Å². The third kappa shape index (κ3) is 3.03. The highest BCUT2D eigenvalue weighted by Crippen LogP contribution is 2.47. The van der Waals surface area contributed by atoms with E-state index < -0.39 is 0 Å². The Balaban J connectivity index is 1.53. The van der Waals surface area contributed by atoms with Crippen molar-refractivity contribution in [3.63, 3.8) is 0 Å². The third-order valence-corrected chi connectivity index (χ3v) is 6.25. The number of methoxy groups -OCH3 is 1. The molecule has 2 unspecified atom stereocenters. The molecule has 2 aliphatic rings. The number of hydrogen-bond acceptors (Lipinski definition) is 5. The van der Waals surface area contributed by atoms with Crippen molar-refractivity contribution in [1.29, 1.82) is 0 Å². The summed E-state index contributed by atoms with van der Waals surface area (Å²) in [4.78, 5) is 17.5. The van der Waals surface area contributed by atoms with Crippen LogP contribution in [0.25, 0.3) is 0 Å². The van der Waals surface area contributed by atoms with Gasteiger partial charge in [0.1, 0.15) is 11.5 Å². The quantitative estimate of drug-likeness (QED) is 0.882. The number of furan rings is 1. The van der Waals surface area contributed by atoms with Crippen LogP contribution in [0.2, 0.25) is 0 Å². The number of nitrogens with one attached hydrogen (secondary N) is 1. The zero-order valence-electron chi connectivity index (χ0n) is 15.2. The monoisotopic (exact) mass is 370 g/mol. The Morgan fingerprint density at radius 3 is 3.08 bits per heavy atom. The van der Waals surface area contributed by atoms with E-state index in [1.54, 1.807) is 7.11 Å². The molecule has 6 heteroatoms. The molecule has 2 atom stereocenters. The molecular weight excluding hydrogens is 348 g/mol. The highest BCUT2D eigenvalue weighted by molar-refractivity contribution is 8.14. The van der Waals surface area contributed by atoms with Crippen LogP contribution >= 0.6 is 11.8 Å². The van der Waals surface area contributed by atoms with Crippen molar-refractivity contribution < 1.29 is 13.9 Å². The van der Waals surface area contributed by atoms with E-state index >= 15 is 0 Å². The zero-order chi connectivity index (χ0) is 18.3. The van der Waals surface area contributed by atoms with E-state index in [9.17, 15) is 4.79 Å². The van der Waals surface area contributed by atoms with Crippen LogP contribution in [-0.4, -0.2) is 23.3 Å². The molecule has 2 aromatic rings. The fraction of sp³-hybridized carbons (Fsp3) is 0.400. The number of amides is 1. The van der Waals surface area contributed by atoms with Crippen molar-refractivity contribution in [1.82, 2.24) is 5.32 Å². The highest BCUT2D eigenvalue weighted by Gasteiger charge is 2.39. The fourth-order valence-corrected chi connectivity index (χ4v) is 4.93. The maximum atomic E-state index is 12.7. The average molecular weight is 370 g/mol. The topological polar surface area (TPSA) is 63.8 Å². The Kier molecular flexibility index (Phi) is 4.53. The lowest BCUT2D eigenvalue weighted by atomic mass is 9.90. The lowest BCUT2D eigenvalue weighted by Gasteiger charge is -2.22. The Morgan fingerprint density at radius 1 is 1.42 bits per heavy atom. The second-order valence-electron chi connectivity index (χ2n) is 6.72. The number of carbonyl (C=O) groups is 1. The van der Waals surface area contributed by atoms with Crippen LogP contribution in [0.15, 0.2) is 33.7 Å². The molecule has 0 radical (unpaired) electrons. The second kappa shape index (κ2) is 6.83. The van der Waals surface area contributed by atoms with Gasteiger partial charge < -0.3 is 14.5 Å². The lowest BCUT2D eigenvalue weighted by Crippen LogP contribution is -2.23.